The van der Waals surface area contributed by atoms with E-state index in [1.54, 1.807) is 13.2 Å². The smallest absolute Gasteiger partial charge is 0.270 e. The van der Waals surface area contributed by atoms with Crippen LogP contribution in [-0.2, 0) is 0 Å². The van der Waals surface area contributed by atoms with Crippen molar-refractivity contribution in [1.29, 1.82) is 0 Å². The number of ether oxygens (including phenoxy) is 2. The molecular weight excluding hydrogens is 332 g/mol. The van der Waals surface area contributed by atoms with Crippen molar-refractivity contribution in [2.45, 2.75) is 31.7 Å². The van der Waals surface area contributed by atoms with Crippen LogP contribution < -0.4 is 20.1 Å². The molecule has 0 bridgehead atoms. The van der Waals surface area contributed by atoms with Crippen molar-refractivity contribution in [3.63, 3.8) is 0 Å². The zero-order chi connectivity index (χ0) is 18.2. The van der Waals surface area contributed by atoms with Crippen molar-refractivity contribution in [1.82, 2.24) is 15.3 Å². The summed E-state index contributed by atoms with van der Waals surface area (Å²) >= 11 is 0. The summed E-state index contributed by atoms with van der Waals surface area (Å²) in [5, 5.41) is 6.17. The number of amides is 1. The Kier molecular flexibility index (Phi) is 6.24. The first kappa shape index (κ1) is 18.0. The SMILES string of the molecule is COc1ccc(OCCNC(=O)c2cc(NC3CCCC3)ncn2)cc1. The second kappa shape index (κ2) is 9.03. The Morgan fingerprint density at radius 2 is 1.88 bits per heavy atom. The summed E-state index contributed by atoms with van der Waals surface area (Å²) in [5.74, 6) is 1.97. The number of rotatable bonds is 8. The van der Waals surface area contributed by atoms with E-state index >= 15 is 0 Å². The van der Waals surface area contributed by atoms with Gasteiger partial charge in [0.15, 0.2) is 0 Å². The van der Waals surface area contributed by atoms with E-state index in [1.807, 2.05) is 24.3 Å². The summed E-state index contributed by atoms with van der Waals surface area (Å²) in [6.07, 6.45) is 6.19. The number of methoxy groups -OCH3 is 1. The van der Waals surface area contributed by atoms with Gasteiger partial charge in [-0.25, -0.2) is 9.97 Å². The van der Waals surface area contributed by atoms with Crippen LogP contribution in [0.5, 0.6) is 11.5 Å². The molecule has 1 aliphatic carbocycles. The van der Waals surface area contributed by atoms with Gasteiger partial charge in [-0.3, -0.25) is 4.79 Å². The quantitative estimate of drug-likeness (QED) is 0.707. The number of anilines is 1. The van der Waals surface area contributed by atoms with Crippen LogP contribution in [0.2, 0.25) is 0 Å². The summed E-state index contributed by atoms with van der Waals surface area (Å²) in [5.41, 5.74) is 0.352. The summed E-state index contributed by atoms with van der Waals surface area (Å²) in [6.45, 7) is 0.761. The number of carbonyl (C=O) groups excluding carboxylic acids is 1. The van der Waals surface area contributed by atoms with Crippen molar-refractivity contribution >= 4 is 11.7 Å². The maximum absolute atomic E-state index is 12.2. The fourth-order valence-corrected chi connectivity index (χ4v) is 2.94. The van der Waals surface area contributed by atoms with Gasteiger partial charge in [0.2, 0.25) is 0 Å². The van der Waals surface area contributed by atoms with E-state index in [4.69, 9.17) is 9.47 Å². The number of nitrogens with zero attached hydrogens (tertiary/aromatic N) is 2. The van der Waals surface area contributed by atoms with Gasteiger partial charge >= 0.3 is 0 Å². The Hall–Kier alpha value is -2.83. The first-order chi connectivity index (χ1) is 12.7. The molecule has 1 heterocycles. The van der Waals surface area contributed by atoms with Gasteiger partial charge in [-0.2, -0.15) is 0 Å². The van der Waals surface area contributed by atoms with Crippen LogP contribution in [0.3, 0.4) is 0 Å². The molecule has 26 heavy (non-hydrogen) atoms. The Bertz CT molecular complexity index is 715. The fourth-order valence-electron chi connectivity index (χ4n) is 2.94. The monoisotopic (exact) mass is 356 g/mol. The molecule has 2 aromatic rings. The lowest BCUT2D eigenvalue weighted by Gasteiger charge is -2.13. The van der Waals surface area contributed by atoms with E-state index < -0.39 is 0 Å². The number of aromatic nitrogens is 2. The normalized spacial score (nSPS) is 14.0. The van der Waals surface area contributed by atoms with Crippen LogP contribution >= 0.6 is 0 Å². The van der Waals surface area contributed by atoms with Gasteiger partial charge in [0.05, 0.1) is 13.7 Å². The molecule has 0 saturated heterocycles. The molecule has 1 saturated carbocycles. The molecule has 7 heteroatoms. The van der Waals surface area contributed by atoms with Crippen molar-refractivity contribution in [2.24, 2.45) is 0 Å². The maximum atomic E-state index is 12.2. The second-order valence-corrected chi connectivity index (χ2v) is 6.19. The fraction of sp³-hybridized carbons (Fsp3) is 0.421. The van der Waals surface area contributed by atoms with Crippen LogP contribution in [0, 0.1) is 0 Å². The van der Waals surface area contributed by atoms with Crippen molar-refractivity contribution < 1.29 is 14.3 Å². The van der Waals surface area contributed by atoms with Crippen molar-refractivity contribution in [2.75, 3.05) is 25.6 Å². The molecule has 3 rings (SSSR count). The van der Waals surface area contributed by atoms with E-state index in [0.717, 1.165) is 24.3 Å². The maximum Gasteiger partial charge on any atom is 0.270 e. The van der Waals surface area contributed by atoms with Crippen molar-refractivity contribution in [3.8, 4) is 11.5 Å². The molecule has 0 spiro atoms. The molecule has 138 valence electrons. The predicted octanol–water partition coefficient (Wildman–Crippen LogP) is 2.65. The van der Waals surface area contributed by atoms with Crippen molar-refractivity contribution in [3.05, 3.63) is 42.4 Å². The number of nitrogens with one attached hydrogen (secondary N) is 2. The van der Waals surface area contributed by atoms with Gasteiger partial charge in [-0.05, 0) is 37.1 Å². The number of carbonyl (C=O) groups is 1. The molecule has 1 aromatic heterocycles. The molecular formula is C19H24N4O3. The summed E-state index contributed by atoms with van der Waals surface area (Å²) < 4.78 is 10.7. The molecule has 0 unspecified atom stereocenters. The van der Waals surface area contributed by atoms with E-state index in [9.17, 15) is 4.79 Å². The summed E-state index contributed by atoms with van der Waals surface area (Å²) in [7, 11) is 1.62. The number of hydrogen-bond acceptors (Lipinski definition) is 6. The third-order valence-electron chi connectivity index (χ3n) is 4.32. The standard InChI is InChI=1S/C19H24N4O3/c1-25-15-6-8-16(9-7-15)26-11-10-20-19(24)17-12-18(22-13-21-17)23-14-4-2-3-5-14/h6-9,12-14H,2-5,10-11H2,1H3,(H,20,24)(H,21,22,23). The molecule has 0 radical (unpaired) electrons. The van der Waals surface area contributed by atoms with Gasteiger partial charge in [0.1, 0.15) is 35.9 Å². The van der Waals surface area contributed by atoms with E-state index in [2.05, 4.69) is 20.6 Å². The van der Waals surface area contributed by atoms with E-state index in [1.165, 1.54) is 19.2 Å². The minimum absolute atomic E-state index is 0.236. The lowest BCUT2D eigenvalue weighted by atomic mass is 10.2. The molecule has 7 nitrogen and oxygen atoms in total. The summed E-state index contributed by atoms with van der Waals surface area (Å²) in [4.78, 5) is 20.5. The number of hydrogen-bond donors (Lipinski definition) is 2. The molecule has 1 amide bonds. The Labute approximate surface area is 153 Å². The lowest BCUT2D eigenvalue weighted by Crippen LogP contribution is -2.29. The van der Waals surface area contributed by atoms with Crippen LogP contribution in [0.25, 0.3) is 0 Å². The minimum Gasteiger partial charge on any atom is -0.497 e. The highest BCUT2D eigenvalue weighted by Crippen LogP contribution is 2.21. The Balaban J connectivity index is 1.43. The second-order valence-electron chi connectivity index (χ2n) is 6.19. The van der Waals surface area contributed by atoms with Gasteiger partial charge in [0, 0.05) is 12.1 Å². The Morgan fingerprint density at radius 3 is 2.62 bits per heavy atom. The van der Waals surface area contributed by atoms with Crippen LogP contribution in [0.4, 0.5) is 5.82 Å². The minimum atomic E-state index is -0.236. The Morgan fingerprint density at radius 1 is 1.15 bits per heavy atom. The third-order valence-corrected chi connectivity index (χ3v) is 4.32. The zero-order valence-electron chi connectivity index (χ0n) is 14.9. The zero-order valence-corrected chi connectivity index (χ0v) is 14.9. The first-order valence-corrected chi connectivity index (χ1v) is 8.88. The number of benzene rings is 1. The molecule has 1 aromatic carbocycles. The van der Waals surface area contributed by atoms with Crippen LogP contribution in [0.15, 0.2) is 36.7 Å². The summed E-state index contributed by atoms with van der Waals surface area (Å²) in [6, 6.07) is 9.44. The van der Waals surface area contributed by atoms with Gasteiger partial charge < -0.3 is 20.1 Å². The predicted molar refractivity (Wildman–Crippen MR) is 98.7 cm³/mol. The van der Waals surface area contributed by atoms with Crippen LogP contribution in [-0.4, -0.2) is 42.2 Å². The highest BCUT2D eigenvalue weighted by Gasteiger charge is 2.16. The molecule has 1 fully saturated rings. The molecule has 0 atom stereocenters. The third kappa shape index (κ3) is 5.08. The average Bonchev–Trinajstić information content (AvgIpc) is 3.19. The lowest BCUT2D eigenvalue weighted by molar-refractivity contribution is 0.0942. The average molecular weight is 356 g/mol. The molecule has 2 N–H and O–H groups in total. The molecule has 0 aliphatic heterocycles. The van der Waals surface area contributed by atoms with Gasteiger partial charge in [0.25, 0.3) is 5.91 Å². The largest absolute Gasteiger partial charge is 0.497 e. The van der Waals surface area contributed by atoms with Crippen LogP contribution in [0.1, 0.15) is 36.2 Å². The topological polar surface area (TPSA) is 85.4 Å². The first-order valence-electron chi connectivity index (χ1n) is 8.88. The van der Waals surface area contributed by atoms with E-state index in [0.29, 0.717) is 30.7 Å². The molecule has 1 aliphatic rings. The highest BCUT2D eigenvalue weighted by molar-refractivity contribution is 5.92. The van der Waals surface area contributed by atoms with Gasteiger partial charge in [-0.1, -0.05) is 12.8 Å². The highest BCUT2D eigenvalue weighted by atomic mass is 16.5. The van der Waals surface area contributed by atoms with E-state index in [-0.39, 0.29) is 5.91 Å². The van der Waals surface area contributed by atoms with Gasteiger partial charge in [-0.15, -0.1) is 0 Å².